The van der Waals surface area contributed by atoms with Gasteiger partial charge in [-0.3, -0.25) is 0 Å². The summed E-state index contributed by atoms with van der Waals surface area (Å²) in [7, 11) is -3.41. The summed E-state index contributed by atoms with van der Waals surface area (Å²) in [6.07, 6.45) is 1.09. The molecule has 0 aliphatic rings. The molecule has 6 heteroatoms. The van der Waals surface area contributed by atoms with Crippen LogP contribution in [-0.4, -0.2) is 14.7 Å². The van der Waals surface area contributed by atoms with Crippen molar-refractivity contribution in [3.05, 3.63) is 47.8 Å². The van der Waals surface area contributed by atoms with Crippen LogP contribution < -0.4 is 11.1 Å². The molecule has 0 aromatic heterocycles. The number of halogens is 1. The van der Waals surface area contributed by atoms with Crippen LogP contribution in [-0.2, 0) is 9.84 Å². The Morgan fingerprint density at radius 2 is 1.70 bits per heavy atom. The molecule has 0 atom stereocenters. The van der Waals surface area contributed by atoms with Gasteiger partial charge in [0.2, 0.25) is 0 Å². The van der Waals surface area contributed by atoms with Crippen molar-refractivity contribution in [2.45, 2.75) is 11.8 Å². The number of nitrogens with two attached hydrogens (primary N) is 1. The molecule has 0 heterocycles. The second-order valence-corrected chi connectivity index (χ2v) is 6.51. The molecule has 2 aromatic carbocycles. The van der Waals surface area contributed by atoms with Gasteiger partial charge >= 0.3 is 0 Å². The molecule has 3 N–H and O–H groups in total. The minimum Gasteiger partial charge on any atom is -0.396 e. The molecular formula is C14H15FN2O2S. The maximum absolute atomic E-state index is 13.5. The van der Waals surface area contributed by atoms with E-state index in [1.165, 1.54) is 12.1 Å². The molecule has 20 heavy (non-hydrogen) atoms. The number of anilines is 3. The van der Waals surface area contributed by atoms with Crippen LogP contribution in [0.15, 0.2) is 41.3 Å². The molecule has 0 bridgehead atoms. The van der Waals surface area contributed by atoms with Gasteiger partial charge in [-0.1, -0.05) is 12.1 Å². The third-order valence-electron chi connectivity index (χ3n) is 3.00. The van der Waals surface area contributed by atoms with E-state index >= 15 is 0 Å². The van der Waals surface area contributed by atoms with E-state index in [1.54, 1.807) is 31.2 Å². The number of hydrogen-bond donors (Lipinski definition) is 2. The van der Waals surface area contributed by atoms with Crippen LogP contribution in [0.4, 0.5) is 21.5 Å². The van der Waals surface area contributed by atoms with E-state index in [9.17, 15) is 12.8 Å². The first-order chi connectivity index (χ1) is 9.30. The fraction of sp³-hybridized carbons (Fsp3) is 0.143. The van der Waals surface area contributed by atoms with E-state index < -0.39 is 9.84 Å². The Hall–Kier alpha value is -2.08. The summed E-state index contributed by atoms with van der Waals surface area (Å²) in [5.74, 6) is -0.340. The van der Waals surface area contributed by atoms with Gasteiger partial charge in [-0.2, -0.15) is 0 Å². The van der Waals surface area contributed by atoms with Gasteiger partial charge in [-0.15, -0.1) is 0 Å². The molecule has 2 rings (SSSR count). The smallest absolute Gasteiger partial charge is 0.177 e. The fourth-order valence-corrected chi connectivity index (χ4v) is 2.70. The highest BCUT2D eigenvalue weighted by molar-refractivity contribution is 7.90. The predicted octanol–water partition coefficient (Wildman–Crippen LogP) is 2.86. The number of nitrogen functional groups attached to an aromatic ring is 1. The molecule has 0 fully saturated rings. The molecular weight excluding hydrogens is 279 g/mol. The van der Waals surface area contributed by atoms with Gasteiger partial charge in [0.15, 0.2) is 9.84 Å². The number of sulfone groups is 1. The second-order valence-electron chi connectivity index (χ2n) is 4.53. The first-order valence-electron chi connectivity index (χ1n) is 5.91. The van der Waals surface area contributed by atoms with E-state index in [1.807, 2.05) is 0 Å². The number of nitrogens with one attached hydrogen (secondary N) is 1. The summed E-state index contributed by atoms with van der Waals surface area (Å²) in [5, 5.41) is 2.96. The minimum absolute atomic E-state index is 0.0524. The van der Waals surface area contributed by atoms with E-state index in [0.717, 1.165) is 6.26 Å². The zero-order valence-electron chi connectivity index (χ0n) is 11.1. The molecule has 4 nitrogen and oxygen atoms in total. The summed E-state index contributed by atoms with van der Waals surface area (Å²) in [6, 6.07) is 9.30. The Morgan fingerprint density at radius 1 is 1.10 bits per heavy atom. The zero-order chi connectivity index (χ0) is 14.9. The van der Waals surface area contributed by atoms with E-state index in [2.05, 4.69) is 5.32 Å². The third-order valence-corrected chi connectivity index (χ3v) is 4.16. The normalized spacial score (nSPS) is 11.3. The Morgan fingerprint density at radius 3 is 2.35 bits per heavy atom. The molecule has 0 saturated carbocycles. The average molecular weight is 294 g/mol. The van der Waals surface area contributed by atoms with Gasteiger partial charge in [0.05, 0.1) is 16.3 Å². The number of hydrogen-bond acceptors (Lipinski definition) is 4. The van der Waals surface area contributed by atoms with Crippen molar-refractivity contribution in [2.24, 2.45) is 0 Å². The Kier molecular flexibility index (Phi) is 3.67. The third kappa shape index (κ3) is 2.75. The summed E-state index contributed by atoms with van der Waals surface area (Å²) in [4.78, 5) is 0.0524. The first-order valence-corrected chi connectivity index (χ1v) is 7.80. The van der Waals surface area contributed by atoms with Crippen molar-refractivity contribution in [3.63, 3.8) is 0 Å². The zero-order valence-corrected chi connectivity index (χ0v) is 12.0. The van der Waals surface area contributed by atoms with Gasteiger partial charge < -0.3 is 11.1 Å². The van der Waals surface area contributed by atoms with Crippen LogP contribution >= 0.6 is 0 Å². The van der Waals surface area contributed by atoms with E-state index in [0.29, 0.717) is 16.9 Å². The average Bonchev–Trinajstić information content (AvgIpc) is 2.36. The Labute approximate surface area is 117 Å². The van der Waals surface area contributed by atoms with Crippen LogP contribution in [0.2, 0.25) is 0 Å². The lowest BCUT2D eigenvalue weighted by atomic mass is 10.1. The lowest BCUT2D eigenvalue weighted by Crippen LogP contribution is -2.05. The lowest BCUT2D eigenvalue weighted by Gasteiger charge is -2.14. The van der Waals surface area contributed by atoms with Crippen LogP contribution in [0, 0.1) is 12.7 Å². The van der Waals surface area contributed by atoms with Crippen LogP contribution in [0.3, 0.4) is 0 Å². The van der Waals surface area contributed by atoms with Gasteiger partial charge in [0.25, 0.3) is 0 Å². The van der Waals surface area contributed by atoms with Crippen molar-refractivity contribution in [1.82, 2.24) is 0 Å². The molecule has 0 aliphatic heterocycles. The minimum atomic E-state index is -3.41. The molecule has 0 saturated heterocycles. The topological polar surface area (TPSA) is 72.2 Å². The van der Waals surface area contributed by atoms with Crippen molar-refractivity contribution in [3.8, 4) is 0 Å². The lowest BCUT2D eigenvalue weighted by molar-refractivity contribution is 0.602. The molecule has 2 aromatic rings. The maximum Gasteiger partial charge on any atom is 0.177 e. The van der Waals surface area contributed by atoms with Crippen LogP contribution in [0.1, 0.15) is 5.56 Å². The molecule has 0 aliphatic carbocycles. The highest BCUT2D eigenvalue weighted by atomic mass is 32.2. The quantitative estimate of drug-likeness (QED) is 0.854. The van der Waals surface area contributed by atoms with E-state index in [4.69, 9.17) is 5.73 Å². The van der Waals surface area contributed by atoms with Gasteiger partial charge in [0, 0.05) is 17.5 Å². The van der Waals surface area contributed by atoms with Gasteiger partial charge in [-0.05, 0) is 31.2 Å². The first kappa shape index (κ1) is 14.3. The SMILES string of the molecule is Cc1c(F)cccc1Nc1cccc(S(C)(=O)=O)c1N. The molecule has 0 radical (unpaired) electrons. The molecule has 0 amide bonds. The Balaban J connectivity index is 2.48. The van der Waals surface area contributed by atoms with Crippen LogP contribution in [0.25, 0.3) is 0 Å². The van der Waals surface area contributed by atoms with Crippen molar-refractivity contribution in [2.75, 3.05) is 17.3 Å². The fourth-order valence-electron chi connectivity index (χ4n) is 1.86. The summed E-state index contributed by atoms with van der Waals surface area (Å²) >= 11 is 0. The highest BCUT2D eigenvalue weighted by Crippen LogP contribution is 2.30. The van der Waals surface area contributed by atoms with Gasteiger partial charge in [-0.25, -0.2) is 12.8 Å². The summed E-state index contributed by atoms with van der Waals surface area (Å²) in [6.45, 7) is 1.63. The monoisotopic (exact) mass is 294 g/mol. The van der Waals surface area contributed by atoms with Crippen molar-refractivity contribution >= 4 is 26.9 Å². The van der Waals surface area contributed by atoms with E-state index in [-0.39, 0.29) is 16.4 Å². The van der Waals surface area contributed by atoms with Crippen LogP contribution in [0.5, 0.6) is 0 Å². The number of para-hydroxylation sites is 1. The predicted molar refractivity (Wildman–Crippen MR) is 78.4 cm³/mol. The molecule has 0 unspecified atom stereocenters. The largest absolute Gasteiger partial charge is 0.396 e. The second kappa shape index (κ2) is 5.13. The van der Waals surface area contributed by atoms with Gasteiger partial charge in [0.1, 0.15) is 5.82 Å². The number of rotatable bonds is 3. The molecule has 0 spiro atoms. The standard InChI is InChI=1S/C14H15FN2O2S/c1-9-10(15)5-3-6-11(9)17-12-7-4-8-13(14(12)16)20(2,18)19/h3-8,17H,16H2,1-2H3. The van der Waals surface area contributed by atoms with Crippen molar-refractivity contribution in [1.29, 1.82) is 0 Å². The van der Waals surface area contributed by atoms with Crippen molar-refractivity contribution < 1.29 is 12.8 Å². The summed E-state index contributed by atoms with van der Waals surface area (Å²) in [5.41, 5.74) is 7.41. The Bertz CT molecular complexity index is 758. The number of benzene rings is 2. The molecule has 106 valence electrons. The highest BCUT2D eigenvalue weighted by Gasteiger charge is 2.14. The maximum atomic E-state index is 13.5. The summed E-state index contributed by atoms with van der Waals surface area (Å²) < 4.78 is 36.7.